The average Bonchev–Trinajstić information content (AvgIpc) is 2.65. The normalized spacial score (nSPS) is 11.4. The predicted octanol–water partition coefficient (Wildman–Crippen LogP) is 4.18. The number of hydrogen-bond acceptors (Lipinski definition) is 5. The fraction of sp³-hybridized carbons (Fsp3) is 0.368. The van der Waals surface area contributed by atoms with E-state index < -0.39 is 23.2 Å². The summed E-state index contributed by atoms with van der Waals surface area (Å²) in [6.45, 7) is 4.14. The molecule has 0 bridgehead atoms. The van der Waals surface area contributed by atoms with E-state index in [1.54, 1.807) is 0 Å². The molecule has 2 aromatic rings. The Morgan fingerprint density at radius 2 is 1.89 bits per heavy atom. The lowest BCUT2D eigenvalue weighted by Crippen LogP contribution is -2.24. The van der Waals surface area contributed by atoms with E-state index >= 15 is 0 Å². The van der Waals surface area contributed by atoms with Gasteiger partial charge in [-0.2, -0.15) is 13.2 Å². The maximum Gasteiger partial charge on any atom is 0.447 e. The van der Waals surface area contributed by atoms with Gasteiger partial charge in [-0.05, 0) is 30.2 Å². The molecule has 2 rings (SSSR count). The summed E-state index contributed by atoms with van der Waals surface area (Å²) >= 11 is -0.404. The number of pyridine rings is 1. The highest BCUT2D eigenvalue weighted by atomic mass is 32.2. The zero-order valence-electron chi connectivity index (χ0n) is 15.3. The molecule has 0 unspecified atom stereocenters. The Hall–Kier alpha value is -2.10. The smallest absolute Gasteiger partial charge is 0.379 e. The van der Waals surface area contributed by atoms with Crippen LogP contribution in [0.2, 0.25) is 0 Å². The number of carbonyl (C=O) groups is 1. The number of nitrogens with zero attached hydrogens (tertiary/aromatic N) is 1. The Balaban J connectivity index is 1.92. The first-order chi connectivity index (χ1) is 13.4. The summed E-state index contributed by atoms with van der Waals surface area (Å²) in [4.78, 5) is 16.0. The molecule has 5 nitrogen and oxygen atoms in total. The highest BCUT2D eigenvalue weighted by Crippen LogP contribution is 2.37. The number of nitrogens with one attached hydrogen (secondary N) is 1. The molecule has 1 aromatic carbocycles. The fourth-order valence-corrected chi connectivity index (χ4v) is 2.92. The second-order valence-corrected chi connectivity index (χ2v) is 6.71. The number of thioether (sulfide) groups is 1. The molecular weight excluding hydrogens is 393 g/mol. The lowest BCUT2D eigenvalue weighted by atomic mass is 10.1. The molecule has 0 spiro atoms. The summed E-state index contributed by atoms with van der Waals surface area (Å²) in [6.07, 6.45) is 1.22. The lowest BCUT2D eigenvalue weighted by Gasteiger charge is -2.11. The van der Waals surface area contributed by atoms with Crippen molar-refractivity contribution in [1.29, 1.82) is 0 Å². The van der Waals surface area contributed by atoms with Crippen molar-refractivity contribution in [3.8, 4) is 0 Å². The van der Waals surface area contributed by atoms with Gasteiger partial charge < -0.3 is 14.8 Å². The third-order valence-corrected chi connectivity index (χ3v) is 4.27. The van der Waals surface area contributed by atoms with E-state index in [0.29, 0.717) is 26.4 Å². The molecule has 1 aromatic heterocycles. The van der Waals surface area contributed by atoms with Crippen molar-refractivity contribution in [3.63, 3.8) is 0 Å². The standard InChI is InChI=1S/C19H21F3N2O3S/c1-2-26-9-10-27-13-15-6-3-5-14(11-15)12-24-17(25)16-7-4-8-23-18(16)28-19(20,21)22/h3-8,11H,2,9-10,12-13H2,1H3,(H,24,25). The van der Waals surface area contributed by atoms with Crippen LogP contribution in [0.15, 0.2) is 47.6 Å². The largest absolute Gasteiger partial charge is 0.447 e. The van der Waals surface area contributed by atoms with Gasteiger partial charge in [-0.15, -0.1) is 0 Å². The molecule has 1 heterocycles. The predicted molar refractivity (Wildman–Crippen MR) is 99.9 cm³/mol. The quantitative estimate of drug-likeness (QED) is 0.467. The minimum atomic E-state index is -4.51. The number of alkyl halides is 3. The number of halogens is 3. The summed E-state index contributed by atoms with van der Waals surface area (Å²) in [7, 11) is 0. The maximum atomic E-state index is 12.6. The number of rotatable bonds is 10. The number of carbonyl (C=O) groups excluding carboxylic acids is 1. The molecule has 0 radical (unpaired) electrons. The van der Waals surface area contributed by atoms with Crippen molar-refractivity contribution in [2.24, 2.45) is 0 Å². The van der Waals surface area contributed by atoms with Crippen LogP contribution in [0.4, 0.5) is 13.2 Å². The SMILES string of the molecule is CCOCCOCc1cccc(CNC(=O)c2cccnc2SC(F)(F)F)c1. The Kier molecular flexibility index (Phi) is 8.75. The average molecular weight is 414 g/mol. The molecule has 0 saturated carbocycles. The molecule has 0 aliphatic rings. The Labute approximate surface area is 165 Å². The second kappa shape index (κ2) is 11.0. The minimum absolute atomic E-state index is 0.111. The molecule has 28 heavy (non-hydrogen) atoms. The van der Waals surface area contributed by atoms with Crippen molar-refractivity contribution in [3.05, 3.63) is 59.3 Å². The topological polar surface area (TPSA) is 60.5 Å². The van der Waals surface area contributed by atoms with Crippen LogP contribution in [-0.4, -0.2) is 36.2 Å². The number of aromatic nitrogens is 1. The highest BCUT2D eigenvalue weighted by Gasteiger charge is 2.32. The van der Waals surface area contributed by atoms with Crippen molar-refractivity contribution in [2.75, 3.05) is 19.8 Å². The molecule has 1 N–H and O–H groups in total. The van der Waals surface area contributed by atoms with E-state index in [0.717, 1.165) is 11.1 Å². The van der Waals surface area contributed by atoms with Gasteiger partial charge in [-0.3, -0.25) is 4.79 Å². The van der Waals surface area contributed by atoms with Crippen LogP contribution in [0.5, 0.6) is 0 Å². The third kappa shape index (κ3) is 7.87. The molecule has 0 atom stereocenters. The van der Waals surface area contributed by atoms with Crippen LogP contribution in [0, 0.1) is 0 Å². The molecule has 0 saturated heterocycles. The molecule has 0 fully saturated rings. The van der Waals surface area contributed by atoms with Gasteiger partial charge >= 0.3 is 5.51 Å². The summed E-state index contributed by atoms with van der Waals surface area (Å²) in [5, 5.41) is 2.26. The van der Waals surface area contributed by atoms with E-state index in [1.165, 1.54) is 18.3 Å². The van der Waals surface area contributed by atoms with Crippen LogP contribution in [0.25, 0.3) is 0 Å². The molecule has 1 amide bonds. The number of benzene rings is 1. The van der Waals surface area contributed by atoms with E-state index in [9.17, 15) is 18.0 Å². The summed E-state index contributed by atoms with van der Waals surface area (Å²) < 4.78 is 48.6. The van der Waals surface area contributed by atoms with Crippen molar-refractivity contribution >= 4 is 17.7 Å². The van der Waals surface area contributed by atoms with E-state index in [-0.39, 0.29) is 17.1 Å². The van der Waals surface area contributed by atoms with Crippen LogP contribution in [0.1, 0.15) is 28.4 Å². The zero-order valence-corrected chi connectivity index (χ0v) is 16.1. The van der Waals surface area contributed by atoms with Crippen LogP contribution in [-0.2, 0) is 22.6 Å². The Morgan fingerprint density at radius 3 is 2.64 bits per heavy atom. The van der Waals surface area contributed by atoms with Crippen LogP contribution >= 0.6 is 11.8 Å². The van der Waals surface area contributed by atoms with Gasteiger partial charge in [0, 0.05) is 31.1 Å². The Bertz CT molecular complexity index is 772. The molecule has 0 aliphatic carbocycles. The van der Waals surface area contributed by atoms with E-state index in [2.05, 4.69) is 10.3 Å². The zero-order chi connectivity index (χ0) is 20.4. The number of amides is 1. The highest BCUT2D eigenvalue weighted by molar-refractivity contribution is 8.00. The Morgan fingerprint density at radius 1 is 1.14 bits per heavy atom. The number of ether oxygens (including phenoxy) is 2. The van der Waals surface area contributed by atoms with Crippen LogP contribution in [0.3, 0.4) is 0 Å². The van der Waals surface area contributed by atoms with Gasteiger partial charge in [-0.1, -0.05) is 24.3 Å². The first-order valence-corrected chi connectivity index (χ1v) is 9.43. The number of hydrogen-bond donors (Lipinski definition) is 1. The van der Waals surface area contributed by atoms with Gasteiger partial charge in [-0.25, -0.2) is 4.98 Å². The minimum Gasteiger partial charge on any atom is -0.379 e. The second-order valence-electron chi connectivity index (χ2n) is 5.66. The summed E-state index contributed by atoms with van der Waals surface area (Å²) in [5.41, 5.74) is -2.88. The molecule has 152 valence electrons. The lowest BCUT2D eigenvalue weighted by molar-refractivity contribution is -0.0329. The van der Waals surface area contributed by atoms with Crippen molar-refractivity contribution in [2.45, 2.75) is 30.6 Å². The van der Waals surface area contributed by atoms with Gasteiger partial charge in [0.05, 0.1) is 25.4 Å². The molecule has 9 heteroatoms. The molecule has 0 aliphatic heterocycles. The monoisotopic (exact) mass is 414 g/mol. The first-order valence-electron chi connectivity index (χ1n) is 8.61. The van der Waals surface area contributed by atoms with Gasteiger partial charge in [0.1, 0.15) is 5.03 Å². The first kappa shape index (κ1) is 22.2. The summed E-state index contributed by atoms with van der Waals surface area (Å²) in [5.74, 6) is -0.613. The van der Waals surface area contributed by atoms with E-state index in [1.807, 2.05) is 31.2 Å². The van der Waals surface area contributed by atoms with Gasteiger partial charge in [0.15, 0.2) is 0 Å². The maximum absolute atomic E-state index is 12.6. The van der Waals surface area contributed by atoms with Gasteiger partial charge in [0.2, 0.25) is 0 Å². The summed E-state index contributed by atoms with van der Waals surface area (Å²) in [6, 6.07) is 10.2. The molecular formula is C19H21F3N2O3S. The van der Waals surface area contributed by atoms with Crippen LogP contribution < -0.4 is 5.32 Å². The fourth-order valence-electron chi connectivity index (χ4n) is 2.31. The third-order valence-electron chi connectivity index (χ3n) is 3.52. The van der Waals surface area contributed by atoms with E-state index in [4.69, 9.17) is 9.47 Å². The van der Waals surface area contributed by atoms with Crippen molar-refractivity contribution < 1.29 is 27.4 Å². The van der Waals surface area contributed by atoms with Crippen molar-refractivity contribution in [1.82, 2.24) is 10.3 Å². The van der Waals surface area contributed by atoms with Gasteiger partial charge in [0.25, 0.3) is 5.91 Å².